The molecule has 6 nitrogen and oxygen atoms in total. The smallest absolute Gasteiger partial charge is 0.250 e. The third-order valence-corrected chi connectivity index (χ3v) is 3.61. The quantitative estimate of drug-likeness (QED) is 0.913. The highest BCUT2D eigenvalue weighted by Gasteiger charge is 2.17. The van der Waals surface area contributed by atoms with Crippen LogP contribution in [0, 0.1) is 0 Å². The van der Waals surface area contributed by atoms with Gasteiger partial charge in [-0.15, -0.1) is 0 Å². The highest BCUT2D eigenvalue weighted by Crippen LogP contribution is 2.40. The number of fused-ring (bicyclic) bond motifs is 1. The standard InChI is InChI=1S/C15H16ClN3O3/c1-9(17-2)5-13-18-14(22-19-13)4-3-10-6-11(16)15-12(7-10)20-8-21-15/h3-4,6-7,9,17H,5,8H2,1-2H3/b4-3+. The minimum atomic E-state index is 0.193. The van der Waals surface area contributed by atoms with Crippen LogP contribution in [0.15, 0.2) is 16.7 Å². The fourth-order valence-corrected chi connectivity index (χ4v) is 2.32. The Kier molecular flexibility index (Phi) is 4.31. The van der Waals surface area contributed by atoms with Gasteiger partial charge in [-0.25, -0.2) is 0 Å². The van der Waals surface area contributed by atoms with Gasteiger partial charge in [-0.05, 0) is 37.7 Å². The highest BCUT2D eigenvalue weighted by molar-refractivity contribution is 6.32. The van der Waals surface area contributed by atoms with Gasteiger partial charge in [0.1, 0.15) is 0 Å². The number of halogens is 1. The number of rotatable bonds is 5. The third kappa shape index (κ3) is 3.23. The van der Waals surface area contributed by atoms with Crippen molar-refractivity contribution in [2.45, 2.75) is 19.4 Å². The maximum atomic E-state index is 6.14. The molecule has 0 bridgehead atoms. The molecular formula is C15H16ClN3O3. The van der Waals surface area contributed by atoms with Crippen LogP contribution in [0.1, 0.15) is 24.2 Å². The van der Waals surface area contributed by atoms with Crippen molar-refractivity contribution in [1.82, 2.24) is 15.5 Å². The van der Waals surface area contributed by atoms with Crippen LogP contribution in [0.4, 0.5) is 0 Å². The lowest BCUT2D eigenvalue weighted by molar-refractivity contribution is 0.174. The van der Waals surface area contributed by atoms with Crippen molar-refractivity contribution in [2.75, 3.05) is 13.8 Å². The van der Waals surface area contributed by atoms with E-state index in [9.17, 15) is 0 Å². The fourth-order valence-electron chi connectivity index (χ4n) is 2.05. The predicted octanol–water partition coefficient (Wildman–Crippen LogP) is 2.77. The second kappa shape index (κ2) is 6.37. The first kappa shape index (κ1) is 14.9. The van der Waals surface area contributed by atoms with Gasteiger partial charge in [0.2, 0.25) is 6.79 Å². The lowest BCUT2D eigenvalue weighted by Crippen LogP contribution is -2.24. The molecule has 116 valence electrons. The summed E-state index contributed by atoms with van der Waals surface area (Å²) in [4.78, 5) is 4.31. The summed E-state index contributed by atoms with van der Waals surface area (Å²) < 4.78 is 15.8. The molecule has 0 aliphatic carbocycles. The summed E-state index contributed by atoms with van der Waals surface area (Å²) in [5, 5.41) is 7.59. The van der Waals surface area contributed by atoms with E-state index in [-0.39, 0.29) is 6.79 Å². The molecule has 1 unspecified atom stereocenters. The molecule has 3 rings (SSSR count). The zero-order valence-corrected chi connectivity index (χ0v) is 13.1. The first-order valence-electron chi connectivity index (χ1n) is 6.93. The average molecular weight is 322 g/mol. The van der Waals surface area contributed by atoms with E-state index in [1.807, 2.05) is 19.2 Å². The molecule has 1 aromatic carbocycles. The van der Waals surface area contributed by atoms with Crippen LogP contribution >= 0.6 is 11.6 Å². The van der Waals surface area contributed by atoms with Gasteiger partial charge in [0.15, 0.2) is 17.3 Å². The van der Waals surface area contributed by atoms with Crippen LogP contribution in [-0.2, 0) is 6.42 Å². The average Bonchev–Trinajstić information content (AvgIpc) is 3.14. The number of ether oxygens (including phenoxy) is 2. The molecule has 0 fully saturated rings. The van der Waals surface area contributed by atoms with Crippen molar-refractivity contribution in [3.63, 3.8) is 0 Å². The minimum absolute atomic E-state index is 0.193. The van der Waals surface area contributed by atoms with Crippen LogP contribution in [0.3, 0.4) is 0 Å². The normalized spacial score (nSPS) is 14.7. The topological polar surface area (TPSA) is 69.4 Å². The highest BCUT2D eigenvalue weighted by atomic mass is 35.5. The number of hydrogen-bond donors (Lipinski definition) is 1. The van der Waals surface area contributed by atoms with Gasteiger partial charge >= 0.3 is 0 Å². The van der Waals surface area contributed by atoms with Gasteiger partial charge in [0.25, 0.3) is 5.89 Å². The Balaban J connectivity index is 1.73. The molecule has 1 aromatic heterocycles. The summed E-state index contributed by atoms with van der Waals surface area (Å²) in [6.07, 6.45) is 4.30. The Morgan fingerprint density at radius 2 is 2.23 bits per heavy atom. The largest absolute Gasteiger partial charge is 0.454 e. The van der Waals surface area contributed by atoms with Gasteiger partial charge < -0.3 is 19.3 Å². The zero-order valence-electron chi connectivity index (χ0n) is 12.3. The Labute approximate surface area is 133 Å². The van der Waals surface area contributed by atoms with Crippen LogP contribution in [-0.4, -0.2) is 30.0 Å². The summed E-state index contributed by atoms with van der Waals surface area (Å²) in [6.45, 7) is 2.25. The number of aromatic nitrogens is 2. The maximum absolute atomic E-state index is 6.14. The monoisotopic (exact) mass is 321 g/mol. The molecule has 0 radical (unpaired) electrons. The second-order valence-corrected chi connectivity index (χ2v) is 5.42. The number of hydrogen-bond acceptors (Lipinski definition) is 6. The van der Waals surface area contributed by atoms with Gasteiger partial charge in [-0.1, -0.05) is 16.8 Å². The van der Waals surface area contributed by atoms with E-state index in [0.29, 0.717) is 40.7 Å². The number of nitrogens with zero attached hydrogens (tertiary/aromatic N) is 2. The van der Waals surface area contributed by atoms with Crippen LogP contribution in [0.5, 0.6) is 11.5 Å². The molecule has 0 spiro atoms. The molecule has 1 atom stereocenters. The van der Waals surface area contributed by atoms with Gasteiger partial charge in [0.05, 0.1) is 5.02 Å². The molecule has 0 saturated carbocycles. The summed E-state index contributed by atoms with van der Waals surface area (Å²) in [5.74, 6) is 2.35. The second-order valence-electron chi connectivity index (χ2n) is 5.01. The molecule has 2 heterocycles. The Morgan fingerprint density at radius 1 is 1.36 bits per heavy atom. The minimum Gasteiger partial charge on any atom is -0.454 e. The van der Waals surface area contributed by atoms with E-state index >= 15 is 0 Å². The van der Waals surface area contributed by atoms with Crippen LogP contribution < -0.4 is 14.8 Å². The summed E-state index contributed by atoms with van der Waals surface area (Å²) in [6, 6.07) is 3.94. The molecule has 1 aliphatic rings. The van der Waals surface area contributed by atoms with E-state index in [1.54, 1.807) is 12.1 Å². The number of nitrogens with one attached hydrogen (secondary N) is 1. The first-order chi connectivity index (χ1) is 10.7. The molecular weight excluding hydrogens is 306 g/mol. The van der Waals surface area contributed by atoms with Gasteiger partial charge in [-0.3, -0.25) is 0 Å². The summed E-state index contributed by atoms with van der Waals surface area (Å²) in [7, 11) is 1.90. The maximum Gasteiger partial charge on any atom is 0.250 e. The van der Waals surface area contributed by atoms with Crippen molar-refractivity contribution >= 4 is 23.8 Å². The molecule has 0 amide bonds. The van der Waals surface area contributed by atoms with Gasteiger partial charge in [0, 0.05) is 18.5 Å². The number of likely N-dealkylation sites (N-methyl/N-ethyl adjacent to an activating group) is 1. The number of benzene rings is 1. The van der Waals surface area contributed by atoms with Crippen molar-refractivity contribution in [3.05, 3.63) is 34.4 Å². The molecule has 7 heteroatoms. The summed E-state index contributed by atoms with van der Waals surface area (Å²) >= 11 is 6.14. The Hall–Kier alpha value is -2.05. The molecule has 0 saturated heterocycles. The van der Waals surface area contributed by atoms with Crippen LogP contribution in [0.25, 0.3) is 12.2 Å². The molecule has 22 heavy (non-hydrogen) atoms. The fraction of sp³-hybridized carbons (Fsp3) is 0.333. The van der Waals surface area contributed by atoms with Gasteiger partial charge in [-0.2, -0.15) is 4.98 Å². The predicted molar refractivity (Wildman–Crippen MR) is 83.0 cm³/mol. The molecule has 1 aliphatic heterocycles. The van der Waals surface area contributed by atoms with Crippen LogP contribution in [0.2, 0.25) is 5.02 Å². The lowest BCUT2D eigenvalue weighted by atomic mass is 10.2. The SMILES string of the molecule is CNC(C)Cc1noc(/C=C/c2cc(Cl)c3c(c2)OCO3)n1. The first-order valence-corrected chi connectivity index (χ1v) is 7.30. The van der Waals surface area contributed by atoms with E-state index in [4.69, 9.17) is 25.6 Å². The third-order valence-electron chi connectivity index (χ3n) is 3.33. The van der Waals surface area contributed by atoms with Crippen molar-refractivity contribution in [3.8, 4) is 11.5 Å². The van der Waals surface area contributed by atoms with Crippen molar-refractivity contribution in [2.24, 2.45) is 0 Å². The van der Waals surface area contributed by atoms with E-state index in [1.165, 1.54) is 0 Å². The summed E-state index contributed by atoms with van der Waals surface area (Å²) in [5.41, 5.74) is 0.873. The van der Waals surface area contributed by atoms with Crippen molar-refractivity contribution in [1.29, 1.82) is 0 Å². The Bertz CT molecular complexity index is 699. The molecule has 2 aromatic rings. The van der Waals surface area contributed by atoms with E-state index in [0.717, 1.165) is 5.56 Å². The van der Waals surface area contributed by atoms with E-state index in [2.05, 4.69) is 22.4 Å². The molecule has 1 N–H and O–H groups in total. The Morgan fingerprint density at radius 3 is 3.05 bits per heavy atom. The van der Waals surface area contributed by atoms with E-state index < -0.39 is 0 Å². The van der Waals surface area contributed by atoms with Crippen molar-refractivity contribution < 1.29 is 14.0 Å². The zero-order chi connectivity index (χ0) is 15.5. The lowest BCUT2D eigenvalue weighted by Gasteiger charge is -2.04.